The standard InChI is InChI=1S/C23H18N2O2.C2HF3O2/c26-22-19-8-4-5-9-20(19)23(27,25(22)15-16-6-2-1-3-7-16)18-11-10-17-12-13-24-21(17)14-18;3-2(4,5)1(6)7/h1-14,24,27H,15H2;(H,6,7). The second kappa shape index (κ2) is 8.68. The molecule has 4 aromatic rings. The van der Waals surface area contributed by atoms with Gasteiger partial charge in [0.05, 0.1) is 0 Å². The maximum Gasteiger partial charge on any atom is 0.490 e. The second-order valence-corrected chi connectivity index (χ2v) is 7.68. The maximum absolute atomic E-state index is 13.2. The van der Waals surface area contributed by atoms with Crippen LogP contribution in [0.4, 0.5) is 13.2 Å². The number of alkyl halides is 3. The van der Waals surface area contributed by atoms with Gasteiger partial charge in [0.1, 0.15) is 0 Å². The number of amides is 1. The van der Waals surface area contributed by atoms with E-state index in [9.17, 15) is 23.1 Å². The number of nitrogens with one attached hydrogen (secondary N) is 1. The Morgan fingerprint density at radius 1 is 0.971 bits per heavy atom. The molecular weight excluding hydrogens is 449 g/mol. The Balaban J connectivity index is 0.000000344. The van der Waals surface area contributed by atoms with Crippen molar-refractivity contribution in [2.75, 3.05) is 0 Å². The van der Waals surface area contributed by atoms with E-state index in [0.29, 0.717) is 23.2 Å². The fourth-order valence-electron chi connectivity index (χ4n) is 3.94. The van der Waals surface area contributed by atoms with Crippen LogP contribution in [0.2, 0.25) is 0 Å². The number of rotatable bonds is 3. The number of carboxylic acid groups (broad SMARTS) is 1. The average Bonchev–Trinajstić information content (AvgIpc) is 3.37. The third kappa shape index (κ3) is 4.13. The van der Waals surface area contributed by atoms with Gasteiger partial charge >= 0.3 is 12.1 Å². The van der Waals surface area contributed by atoms with E-state index in [2.05, 4.69) is 4.98 Å². The molecule has 1 aliphatic heterocycles. The highest BCUT2D eigenvalue weighted by atomic mass is 19.4. The van der Waals surface area contributed by atoms with Crippen LogP contribution in [0.15, 0.2) is 85.1 Å². The minimum absolute atomic E-state index is 0.163. The summed E-state index contributed by atoms with van der Waals surface area (Å²) in [7, 11) is 0. The van der Waals surface area contributed by atoms with Gasteiger partial charge in [-0.15, -0.1) is 0 Å². The predicted octanol–water partition coefficient (Wildman–Crippen LogP) is 4.65. The highest BCUT2D eigenvalue weighted by Crippen LogP contribution is 2.43. The normalized spacial score (nSPS) is 17.3. The number of hydrogen-bond donors (Lipinski definition) is 3. The third-order valence-electron chi connectivity index (χ3n) is 5.55. The van der Waals surface area contributed by atoms with Crippen LogP contribution in [-0.4, -0.2) is 38.1 Å². The molecule has 0 radical (unpaired) electrons. The van der Waals surface area contributed by atoms with E-state index in [-0.39, 0.29) is 5.91 Å². The summed E-state index contributed by atoms with van der Waals surface area (Å²) in [5.41, 5.74) is 2.23. The number of fused-ring (bicyclic) bond motifs is 2. The number of hydrogen-bond acceptors (Lipinski definition) is 3. The van der Waals surface area contributed by atoms with Crippen molar-refractivity contribution in [2.45, 2.75) is 18.4 Å². The van der Waals surface area contributed by atoms with Gasteiger partial charge in [0.2, 0.25) is 0 Å². The Labute approximate surface area is 191 Å². The van der Waals surface area contributed by atoms with Crippen molar-refractivity contribution in [3.8, 4) is 0 Å². The van der Waals surface area contributed by atoms with E-state index >= 15 is 0 Å². The van der Waals surface area contributed by atoms with Crippen molar-refractivity contribution in [3.63, 3.8) is 0 Å². The summed E-state index contributed by atoms with van der Waals surface area (Å²) in [5, 5.41) is 20.1. The lowest BCUT2D eigenvalue weighted by Crippen LogP contribution is -2.44. The van der Waals surface area contributed by atoms with Gasteiger partial charge < -0.3 is 15.2 Å². The average molecular weight is 468 g/mol. The molecule has 0 spiro atoms. The Kier molecular flexibility index (Phi) is 5.89. The van der Waals surface area contributed by atoms with Crippen LogP contribution < -0.4 is 0 Å². The van der Waals surface area contributed by atoms with E-state index < -0.39 is 17.9 Å². The predicted molar refractivity (Wildman–Crippen MR) is 118 cm³/mol. The fourth-order valence-corrected chi connectivity index (χ4v) is 3.94. The second-order valence-electron chi connectivity index (χ2n) is 7.68. The number of aromatic nitrogens is 1. The van der Waals surface area contributed by atoms with Crippen molar-refractivity contribution in [1.29, 1.82) is 0 Å². The van der Waals surface area contributed by atoms with Gasteiger partial charge in [-0.05, 0) is 29.1 Å². The van der Waals surface area contributed by atoms with Crippen LogP contribution in [0.3, 0.4) is 0 Å². The van der Waals surface area contributed by atoms with Gasteiger partial charge in [0.15, 0.2) is 5.72 Å². The van der Waals surface area contributed by atoms with Crippen molar-refractivity contribution in [3.05, 3.63) is 107 Å². The highest BCUT2D eigenvalue weighted by molar-refractivity contribution is 6.00. The summed E-state index contributed by atoms with van der Waals surface area (Å²) in [4.78, 5) is 26.8. The van der Waals surface area contributed by atoms with Crippen LogP contribution in [0.1, 0.15) is 27.0 Å². The molecule has 9 heteroatoms. The summed E-state index contributed by atoms with van der Waals surface area (Å²) in [6, 6.07) is 24.8. The monoisotopic (exact) mass is 468 g/mol. The van der Waals surface area contributed by atoms with Gasteiger partial charge in [-0.1, -0.05) is 60.7 Å². The lowest BCUT2D eigenvalue weighted by atomic mass is 9.93. The zero-order valence-electron chi connectivity index (χ0n) is 17.6. The molecule has 1 unspecified atom stereocenters. The highest BCUT2D eigenvalue weighted by Gasteiger charge is 2.49. The number of aromatic amines is 1. The van der Waals surface area contributed by atoms with Gasteiger partial charge in [0.25, 0.3) is 5.91 Å². The molecule has 34 heavy (non-hydrogen) atoms. The summed E-state index contributed by atoms with van der Waals surface area (Å²) >= 11 is 0. The minimum atomic E-state index is -5.08. The molecule has 0 aliphatic carbocycles. The number of benzene rings is 3. The SMILES string of the molecule is O=C(O)C(F)(F)F.O=C1c2ccccc2C(O)(c2ccc3cc[nH]c3c2)N1Cc1ccccc1. The number of nitrogens with zero attached hydrogens (tertiary/aromatic N) is 1. The first-order valence-electron chi connectivity index (χ1n) is 10.2. The quantitative estimate of drug-likeness (QED) is 0.408. The molecule has 0 saturated heterocycles. The number of halogens is 3. The Hall–Kier alpha value is -4.11. The molecule has 1 aliphatic rings. The Morgan fingerprint density at radius 2 is 1.62 bits per heavy atom. The Morgan fingerprint density at radius 3 is 2.29 bits per heavy atom. The third-order valence-corrected chi connectivity index (χ3v) is 5.55. The molecule has 3 aromatic carbocycles. The lowest BCUT2D eigenvalue weighted by molar-refractivity contribution is -0.192. The van der Waals surface area contributed by atoms with Gasteiger partial charge in [-0.2, -0.15) is 13.2 Å². The molecule has 5 rings (SSSR count). The Bertz CT molecular complexity index is 1350. The molecule has 0 fully saturated rings. The topological polar surface area (TPSA) is 93.6 Å². The first kappa shape index (κ1) is 23.1. The van der Waals surface area contributed by atoms with Gasteiger partial charge in [-0.25, -0.2) is 4.79 Å². The summed E-state index contributed by atoms with van der Waals surface area (Å²) in [6.45, 7) is 0.327. The molecule has 3 N–H and O–H groups in total. The fraction of sp³-hybridized carbons (Fsp3) is 0.120. The number of carbonyl (C=O) groups excluding carboxylic acids is 1. The minimum Gasteiger partial charge on any atom is -0.475 e. The zero-order chi connectivity index (χ0) is 24.5. The van der Waals surface area contributed by atoms with Crippen LogP contribution in [0.5, 0.6) is 0 Å². The largest absolute Gasteiger partial charge is 0.490 e. The molecule has 1 amide bonds. The number of aliphatic hydroxyl groups is 1. The first-order chi connectivity index (χ1) is 16.1. The molecule has 0 bridgehead atoms. The van der Waals surface area contributed by atoms with Crippen LogP contribution in [0.25, 0.3) is 10.9 Å². The van der Waals surface area contributed by atoms with E-state index in [4.69, 9.17) is 9.90 Å². The molecular formula is C25H19F3N2O4. The van der Waals surface area contributed by atoms with E-state index in [1.807, 2.05) is 79.0 Å². The van der Waals surface area contributed by atoms with E-state index in [1.165, 1.54) is 0 Å². The van der Waals surface area contributed by atoms with Gasteiger partial charge in [0, 0.05) is 34.9 Å². The summed E-state index contributed by atoms with van der Waals surface area (Å²) in [6.07, 6.45) is -3.21. The van der Waals surface area contributed by atoms with Crippen LogP contribution in [-0.2, 0) is 17.1 Å². The zero-order valence-corrected chi connectivity index (χ0v) is 17.6. The van der Waals surface area contributed by atoms with Gasteiger partial charge in [-0.3, -0.25) is 9.69 Å². The molecule has 2 heterocycles. The van der Waals surface area contributed by atoms with Crippen molar-refractivity contribution in [1.82, 2.24) is 9.88 Å². The summed E-state index contributed by atoms with van der Waals surface area (Å²) < 4.78 is 31.7. The lowest BCUT2D eigenvalue weighted by Gasteiger charge is -2.35. The smallest absolute Gasteiger partial charge is 0.475 e. The van der Waals surface area contributed by atoms with E-state index in [0.717, 1.165) is 16.5 Å². The van der Waals surface area contributed by atoms with Crippen molar-refractivity contribution in [2.24, 2.45) is 0 Å². The van der Waals surface area contributed by atoms with Crippen molar-refractivity contribution >= 4 is 22.8 Å². The molecule has 6 nitrogen and oxygen atoms in total. The van der Waals surface area contributed by atoms with E-state index in [1.54, 1.807) is 11.0 Å². The number of H-pyrrole nitrogens is 1. The van der Waals surface area contributed by atoms with Crippen LogP contribution in [0, 0.1) is 0 Å². The molecule has 1 aromatic heterocycles. The first-order valence-corrected chi connectivity index (χ1v) is 10.2. The number of carbonyl (C=O) groups is 2. The molecule has 0 saturated carbocycles. The maximum atomic E-state index is 13.2. The number of aliphatic carboxylic acids is 1. The molecule has 1 atom stereocenters. The molecule has 174 valence electrons. The summed E-state index contributed by atoms with van der Waals surface area (Å²) in [5.74, 6) is -2.92. The van der Waals surface area contributed by atoms with Crippen LogP contribution >= 0.6 is 0 Å². The number of carboxylic acids is 1. The van der Waals surface area contributed by atoms with Crippen molar-refractivity contribution < 1.29 is 33.0 Å².